The largest absolute Gasteiger partial charge is 0.484 e. The van der Waals surface area contributed by atoms with E-state index < -0.39 is 0 Å². The number of nitrogens with one attached hydrogen (secondary N) is 1. The van der Waals surface area contributed by atoms with Crippen LogP contribution >= 0.6 is 11.6 Å². The van der Waals surface area contributed by atoms with Crippen LogP contribution in [0.1, 0.15) is 0 Å². The summed E-state index contributed by atoms with van der Waals surface area (Å²) in [7, 11) is 0. The number of halogens is 1. The van der Waals surface area contributed by atoms with E-state index in [2.05, 4.69) is 15.4 Å². The molecule has 21 heavy (non-hydrogen) atoms. The van der Waals surface area contributed by atoms with E-state index in [-0.39, 0.29) is 12.5 Å². The minimum absolute atomic E-state index is 0.0984. The minimum Gasteiger partial charge on any atom is -0.484 e. The lowest BCUT2D eigenvalue weighted by atomic mass is 10.3. The van der Waals surface area contributed by atoms with Crippen molar-refractivity contribution in [3.05, 3.63) is 53.9 Å². The standard InChI is InChI=1S/C14H11ClN4O2/c15-10-1-3-12(4-2-10)21-9-14(20)18-11-7-16-13-5-6-17-19(13)8-11/h1-8H,9H2,(H,18,20). The number of hydrogen-bond donors (Lipinski definition) is 1. The number of amides is 1. The molecule has 0 saturated heterocycles. The molecule has 106 valence electrons. The lowest BCUT2D eigenvalue weighted by Gasteiger charge is -2.07. The fourth-order valence-electron chi connectivity index (χ4n) is 1.75. The molecule has 0 bridgehead atoms. The van der Waals surface area contributed by atoms with Gasteiger partial charge in [-0.3, -0.25) is 4.79 Å². The molecule has 1 N–H and O–H groups in total. The second-order valence-corrected chi connectivity index (χ2v) is 4.70. The maximum absolute atomic E-state index is 11.8. The smallest absolute Gasteiger partial charge is 0.262 e. The monoisotopic (exact) mass is 302 g/mol. The van der Waals surface area contributed by atoms with E-state index in [0.717, 1.165) is 0 Å². The molecule has 2 aromatic heterocycles. The summed E-state index contributed by atoms with van der Waals surface area (Å²) < 4.78 is 6.93. The van der Waals surface area contributed by atoms with Gasteiger partial charge in [0.25, 0.3) is 5.91 Å². The number of rotatable bonds is 4. The summed E-state index contributed by atoms with van der Waals surface area (Å²) in [5, 5.41) is 7.36. The zero-order chi connectivity index (χ0) is 14.7. The second-order valence-electron chi connectivity index (χ2n) is 4.27. The number of hydrogen-bond acceptors (Lipinski definition) is 4. The molecule has 0 atom stereocenters. The van der Waals surface area contributed by atoms with Crippen LogP contribution in [-0.2, 0) is 4.79 Å². The van der Waals surface area contributed by atoms with E-state index in [9.17, 15) is 4.79 Å². The molecule has 0 aliphatic rings. The average Bonchev–Trinajstić information content (AvgIpc) is 2.94. The molecule has 0 unspecified atom stereocenters. The van der Waals surface area contributed by atoms with Crippen LogP contribution in [0, 0.1) is 0 Å². The topological polar surface area (TPSA) is 68.5 Å². The maximum Gasteiger partial charge on any atom is 0.262 e. The van der Waals surface area contributed by atoms with Crippen LogP contribution in [0.3, 0.4) is 0 Å². The Bertz CT molecular complexity index is 770. The first-order valence-corrected chi connectivity index (χ1v) is 6.56. The number of fused-ring (bicyclic) bond motifs is 1. The van der Waals surface area contributed by atoms with Crippen LogP contribution in [0.25, 0.3) is 5.65 Å². The normalized spacial score (nSPS) is 10.5. The van der Waals surface area contributed by atoms with Gasteiger partial charge in [0.15, 0.2) is 12.3 Å². The Morgan fingerprint density at radius 2 is 2.10 bits per heavy atom. The molecule has 3 rings (SSSR count). The van der Waals surface area contributed by atoms with Gasteiger partial charge in [-0.1, -0.05) is 11.6 Å². The predicted octanol–water partition coefficient (Wildman–Crippen LogP) is 2.40. The molecule has 3 aromatic rings. The first-order chi connectivity index (χ1) is 10.2. The number of ether oxygens (including phenoxy) is 1. The fraction of sp³-hybridized carbons (Fsp3) is 0.0714. The third-order valence-electron chi connectivity index (χ3n) is 2.71. The Hall–Kier alpha value is -2.60. The summed E-state index contributed by atoms with van der Waals surface area (Å²) in [6.45, 7) is -0.0984. The number of benzene rings is 1. The van der Waals surface area contributed by atoms with Gasteiger partial charge in [0.2, 0.25) is 0 Å². The Balaban J connectivity index is 1.59. The van der Waals surface area contributed by atoms with Gasteiger partial charge in [0, 0.05) is 11.1 Å². The molecule has 1 amide bonds. The molecule has 0 aliphatic heterocycles. The van der Waals surface area contributed by atoms with Crippen LogP contribution in [-0.4, -0.2) is 27.1 Å². The number of anilines is 1. The Morgan fingerprint density at radius 3 is 2.90 bits per heavy atom. The van der Waals surface area contributed by atoms with Crippen molar-refractivity contribution in [1.29, 1.82) is 0 Å². The summed E-state index contributed by atoms with van der Waals surface area (Å²) in [5.74, 6) is 0.299. The van der Waals surface area contributed by atoms with Crippen LogP contribution in [0.2, 0.25) is 5.02 Å². The van der Waals surface area contributed by atoms with E-state index in [1.54, 1.807) is 53.4 Å². The van der Waals surface area contributed by atoms with Gasteiger partial charge in [-0.25, -0.2) is 9.50 Å². The minimum atomic E-state index is -0.279. The van der Waals surface area contributed by atoms with Crippen molar-refractivity contribution in [1.82, 2.24) is 14.6 Å². The van der Waals surface area contributed by atoms with Gasteiger partial charge in [-0.15, -0.1) is 0 Å². The molecule has 0 fully saturated rings. The second kappa shape index (κ2) is 5.80. The van der Waals surface area contributed by atoms with E-state index in [0.29, 0.717) is 22.1 Å². The van der Waals surface area contributed by atoms with Gasteiger partial charge in [0.1, 0.15) is 5.75 Å². The van der Waals surface area contributed by atoms with Crippen molar-refractivity contribution in [2.24, 2.45) is 0 Å². The summed E-state index contributed by atoms with van der Waals surface area (Å²) in [6, 6.07) is 8.57. The lowest BCUT2D eigenvalue weighted by molar-refractivity contribution is -0.118. The number of nitrogens with zero attached hydrogens (tertiary/aromatic N) is 3. The highest BCUT2D eigenvalue weighted by Crippen LogP contribution is 2.15. The van der Waals surface area contributed by atoms with Crippen molar-refractivity contribution in [2.75, 3.05) is 11.9 Å². The molecule has 0 spiro atoms. The van der Waals surface area contributed by atoms with Crippen molar-refractivity contribution in [3.8, 4) is 5.75 Å². The number of carbonyl (C=O) groups excluding carboxylic acids is 1. The highest BCUT2D eigenvalue weighted by atomic mass is 35.5. The first kappa shape index (κ1) is 13.4. The van der Waals surface area contributed by atoms with Gasteiger partial charge in [-0.05, 0) is 24.3 Å². The van der Waals surface area contributed by atoms with E-state index in [4.69, 9.17) is 16.3 Å². The SMILES string of the molecule is O=C(COc1ccc(Cl)cc1)Nc1cnc2ccnn2c1. The summed E-state index contributed by atoms with van der Waals surface area (Å²) in [6.07, 6.45) is 4.89. The summed E-state index contributed by atoms with van der Waals surface area (Å²) in [5.41, 5.74) is 1.27. The molecule has 0 saturated carbocycles. The van der Waals surface area contributed by atoms with Crippen LogP contribution in [0.5, 0.6) is 5.75 Å². The van der Waals surface area contributed by atoms with Gasteiger partial charge in [0.05, 0.1) is 24.3 Å². The Morgan fingerprint density at radius 1 is 1.29 bits per heavy atom. The van der Waals surface area contributed by atoms with Gasteiger partial charge < -0.3 is 10.1 Å². The molecule has 7 heteroatoms. The van der Waals surface area contributed by atoms with Crippen molar-refractivity contribution >= 4 is 28.8 Å². The van der Waals surface area contributed by atoms with Crippen molar-refractivity contribution in [2.45, 2.75) is 0 Å². The Labute approximate surface area is 125 Å². The van der Waals surface area contributed by atoms with Crippen molar-refractivity contribution < 1.29 is 9.53 Å². The molecule has 2 heterocycles. The van der Waals surface area contributed by atoms with Crippen LogP contribution < -0.4 is 10.1 Å². The van der Waals surface area contributed by atoms with Gasteiger partial charge in [-0.2, -0.15) is 5.10 Å². The average molecular weight is 303 g/mol. The number of carbonyl (C=O) groups is 1. The van der Waals surface area contributed by atoms with Crippen LogP contribution in [0.4, 0.5) is 5.69 Å². The quantitative estimate of drug-likeness (QED) is 0.803. The fourth-order valence-corrected chi connectivity index (χ4v) is 1.88. The summed E-state index contributed by atoms with van der Waals surface area (Å²) in [4.78, 5) is 16.0. The summed E-state index contributed by atoms with van der Waals surface area (Å²) >= 11 is 5.77. The lowest BCUT2D eigenvalue weighted by Crippen LogP contribution is -2.20. The van der Waals surface area contributed by atoms with Crippen LogP contribution in [0.15, 0.2) is 48.9 Å². The van der Waals surface area contributed by atoms with Gasteiger partial charge >= 0.3 is 0 Å². The van der Waals surface area contributed by atoms with E-state index in [1.165, 1.54) is 0 Å². The van der Waals surface area contributed by atoms with Crippen molar-refractivity contribution in [3.63, 3.8) is 0 Å². The first-order valence-electron chi connectivity index (χ1n) is 6.18. The molecular weight excluding hydrogens is 292 g/mol. The zero-order valence-corrected chi connectivity index (χ0v) is 11.6. The highest BCUT2D eigenvalue weighted by Gasteiger charge is 2.05. The highest BCUT2D eigenvalue weighted by molar-refractivity contribution is 6.30. The third kappa shape index (κ3) is 3.29. The molecule has 1 aromatic carbocycles. The molecule has 0 aliphatic carbocycles. The third-order valence-corrected chi connectivity index (χ3v) is 2.97. The van der Waals surface area contributed by atoms with E-state index >= 15 is 0 Å². The molecule has 6 nitrogen and oxygen atoms in total. The number of aromatic nitrogens is 3. The Kier molecular flexibility index (Phi) is 3.70. The molecule has 0 radical (unpaired) electrons. The predicted molar refractivity (Wildman–Crippen MR) is 78.6 cm³/mol. The van der Waals surface area contributed by atoms with E-state index in [1.807, 2.05) is 0 Å². The zero-order valence-electron chi connectivity index (χ0n) is 10.9. The maximum atomic E-state index is 11.8. The molecular formula is C14H11ClN4O2.